The lowest BCUT2D eigenvalue weighted by molar-refractivity contribution is -0.134. The van der Waals surface area contributed by atoms with Gasteiger partial charge in [0.25, 0.3) is 0 Å². The lowest BCUT2D eigenvalue weighted by Gasteiger charge is -2.44. The normalized spacial score (nSPS) is 21.5. The molecule has 0 saturated carbocycles. The van der Waals surface area contributed by atoms with E-state index in [0.29, 0.717) is 18.3 Å². The number of aliphatic carboxylic acids is 2. The molecule has 2 N–H and O–H groups in total. The van der Waals surface area contributed by atoms with E-state index >= 15 is 0 Å². The lowest BCUT2D eigenvalue weighted by atomic mass is 9.86. The van der Waals surface area contributed by atoms with Gasteiger partial charge in [-0.05, 0) is 67.2 Å². The molecule has 7 heteroatoms. The number of ether oxygens (including phenoxy) is 1. The zero-order valence-corrected chi connectivity index (χ0v) is 18.5. The Hall–Kier alpha value is -3.32. The van der Waals surface area contributed by atoms with Crippen molar-refractivity contribution in [2.75, 3.05) is 38.6 Å². The zero-order valence-electron chi connectivity index (χ0n) is 18.5. The van der Waals surface area contributed by atoms with Gasteiger partial charge in [0.15, 0.2) is 0 Å². The van der Waals surface area contributed by atoms with Gasteiger partial charge in [-0.2, -0.15) is 0 Å². The van der Waals surface area contributed by atoms with Gasteiger partial charge in [-0.1, -0.05) is 24.3 Å². The number of benzene rings is 2. The summed E-state index contributed by atoms with van der Waals surface area (Å²) in [6.45, 7) is 3.61. The molecular formula is C25H30N2O5. The van der Waals surface area contributed by atoms with Crippen LogP contribution in [0.15, 0.2) is 60.7 Å². The molecule has 1 atom stereocenters. The summed E-state index contributed by atoms with van der Waals surface area (Å²) in [5, 5.41) is 15.6. The third-order valence-corrected chi connectivity index (χ3v) is 5.82. The van der Waals surface area contributed by atoms with Gasteiger partial charge in [-0.15, -0.1) is 0 Å². The van der Waals surface area contributed by atoms with Crippen molar-refractivity contribution in [3.05, 3.63) is 60.7 Å². The second-order valence-corrected chi connectivity index (χ2v) is 8.27. The number of hydrogen-bond acceptors (Lipinski definition) is 5. The number of piperidine rings is 3. The van der Waals surface area contributed by atoms with Crippen molar-refractivity contribution in [1.29, 1.82) is 0 Å². The Labute approximate surface area is 188 Å². The first-order valence-corrected chi connectivity index (χ1v) is 10.7. The topological polar surface area (TPSA) is 90.3 Å². The number of hydrogen-bond donors (Lipinski definition) is 2. The molecule has 3 aliphatic rings. The number of anilines is 1. The number of carboxylic acids is 2. The Balaban J connectivity index is 0.000000312. The van der Waals surface area contributed by atoms with E-state index in [4.69, 9.17) is 14.9 Å². The Kier molecular flexibility index (Phi) is 7.89. The zero-order chi connectivity index (χ0) is 23.1. The molecule has 0 spiro atoms. The molecule has 170 valence electrons. The Bertz CT molecular complexity index is 914. The van der Waals surface area contributed by atoms with Crippen molar-refractivity contribution in [3.8, 4) is 16.9 Å². The summed E-state index contributed by atoms with van der Waals surface area (Å²) in [7, 11) is 4.13. The van der Waals surface area contributed by atoms with Crippen LogP contribution < -0.4 is 9.64 Å². The molecule has 0 radical (unpaired) electrons. The van der Waals surface area contributed by atoms with Crippen LogP contribution in [-0.2, 0) is 9.59 Å². The Morgan fingerprint density at radius 2 is 1.41 bits per heavy atom. The van der Waals surface area contributed by atoms with E-state index in [-0.39, 0.29) is 0 Å². The molecule has 3 aliphatic heterocycles. The third kappa shape index (κ3) is 6.59. The SMILES string of the molecule is CN(C)c1ccc(-c2ccc(O[C@H]3CN4CCC3CC4)cc2)cc1.O=C(O)/C=C/C(=O)O. The minimum Gasteiger partial charge on any atom is -0.489 e. The summed E-state index contributed by atoms with van der Waals surface area (Å²) >= 11 is 0. The maximum atomic E-state index is 9.55. The first kappa shape index (κ1) is 23.3. The van der Waals surface area contributed by atoms with Crippen molar-refractivity contribution in [2.45, 2.75) is 18.9 Å². The molecule has 3 saturated heterocycles. The van der Waals surface area contributed by atoms with Crippen molar-refractivity contribution in [1.82, 2.24) is 4.90 Å². The van der Waals surface area contributed by atoms with E-state index in [9.17, 15) is 9.59 Å². The summed E-state index contributed by atoms with van der Waals surface area (Å²) in [4.78, 5) is 23.8. The van der Waals surface area contributed by atoms with Crippen molar-refractivity contribution in [3.63, 3.8) is 0 Å². The average Bonchev–Trinajstić information content (AvgIpc) is 2.79. The minimum absolute atomic E-state index is 0.373. The van der Waals surface area contributed by atoms with E-state index in [2.05, 4.69) is 72.4 Å². The van der Waals surface area contributed by atoms with Gasteiger partial charge in [0.1, 0.15) is 11.9 Å². The first-order valence-electron chi connectivity index (χ1n) is 10.7. The Morgan fingerprint density at radius 1 is 0.906 bits per heavy atom. The van der Waals surface area contributed by atoms with Gasteiger partial charge in [0.2, 0.25) is 0 Å². The van der Waals surface area contributed by atoms with Crippen LogP contribution in [0, 0.1) is 5.92 Å². The fourth-order valence-electron chi connectivity index (χ4n) is 4.04. The molecule has 0 amide bonds. The molecule has 2 aromatic rings. The molecule has 2 bridgehead atoms. The highest BCUT2D eigenvalue weighted by atomic mass is 16.5. The highest BCUT2D eigenvalue weighted by Gasteiger charge is 2.35. The van der Waals surface area contributed by atoms with Gasteiger partial charge in [0, 0.05) is 38.5 Å². The van der Waals surface area contributed by atoms with Gasteiger partial charge < -0.3 is 19.8 Å². The molecule has 0 aliphatic carbocycles. The summed E-state index contributed by atoms with van der Waals surface area (Å²) in [6.07, 6.45) is 4.07. The average molecular weight is 439 g/mol. The Morgan fingerprint density at radius 3 is 1.81 bits per heavy atom. The molecular weight excluding hydrogens is 408 g/mol. The highest BCUT2D eigenvalue weighted by Crippen LogP contribution is 2.31. The largest absolute Gasteiger partial charge is 0.489 e. The maximum Gasteiger partial charge on any atom is 0.328 e. The van der Waals surface area contributed by atoms with Gasteiger partial charge in [-0.3, -0.25) is 4.90 Å². The van der Waals surface area contributed by atoms with Crippen molar-refractivity contribution >= 4 is 17.6 Å². The molecule has 2 aromatic carbocycles. The van der Waals surface area contributed by atoms with Crippen LogP contribution >= 0.6 is 0 Å². The quantitative estimate of drug-likeness (QED) is 0.666. The molecule has 5 rings (SSSR count). The van der Waals surface area contributed by atoms with Crippen LogP contribution in [0.2, 0.25) is 0 Å². The number of carboxylic acid groups (broad SMARTS) is 2. The molecule has 0 aromatic heterocycles. The van der Waals surface area contributed by atoms with Crippen LogP contribution in [0.4, 0.5) is 5.69 Å². The van der Waals surface area contributed by atoms with Crippen LogP contribution in [0.5, 0.6) is 5.75 Å². The van der Waals surface area contributed by atoms with E-state index in [1.807, 2.05) is 0 Å². The van der Waals surface area contributed by atoms with E-state index in [1.54, 1.807) is 0 Å². The number of fused-ring (bicyclic) bond motifs is 3. The third-order valence-electron chi connectivity index (χ3n) is 5.82. The molecule has 32 heavy (non-hydrogen) atoms. The second-order valence-electron chi connectivity index (χ2n) is 8.27. The van der Waals surface area contributed by atoms with Gasteiger partial charge in [-0.25, -0.2) is 9.59 Å². The fraction of sp³-hybridized carbons (Fsp3) is 0.360. The molecule has 3 heterocycles. The minimum atomic E-state index is -1.26. The first-order chi connectivity index (χ1) is 15.3. The molecule has 3 fully saturated rings. The maximum absolute atomic E-state index is 9.55. The number of carbonyl (C=O) groups is 2. The monoisotopic (exact) mass is 438 g/mol. The van der Waals surface area contributed by atoms with E-state index in [1.165, 1.54) is 42.7 Å². The lowest BCUT2D eigenvalue weighted by Crippen LogP contribution is -2.52. The smallest absolute Gasteiger partial charge is 0.328 e. The standard InChI is InChI=1S/C21H26N2O.C4H4O4/c1-22(2)19-7-3-16(4-8-19)17-5-9-20(10-6-17)24-21-15-23-13-11-18(21)12-14-23;5-3(6)1-2-4(7)8/h3-10,18,21H,11-15H2,1-2H3;1-2H,(H,5,6)(H,7,8)/b;2-1+/t21-;/m0./s1. The molecule has 0 unspecified atom stereocenters. The number of nitrogens with zero attached hydrogens (tertiary/aromatic N) is 2. The predicted molar refractivity (Wildman–Crippen MR) is 124 cm³/mol. The highest BCUT2D eigenvalue weighted by molar-refractivity contribution is 5.89. The van der Waals surface area contributed by atoms with Crippen LogP contribution in [0.1, 0.15) is 12.8 Å². The summed E-state index contributed by atoms with van der Waals surface area (Å²) in [5.74, 6) is -0.768. The predicted octanol–water partition coefficient (Wildman–Crippen LogP) is 3.60. The van der Waals surface area contributed by atoms with Gasteiger partial charge >= 0.3 is 11.9 Å². The fourth-order valence-corrected chi connectivity index (χ4v) is 4.04. The summed E-state index contributed by atoms with van der Waals surface area (Å²) < 4.78 is 6.28. The second kappa shape index (κ2) is 10.8. The summed E-state index contributed by atoms with van der Waals surface area (Å²) in [6, 6.07) is 17.2. The molecule has 7 nitrogen and oxygen atoms in total. The van der Waals surface area contributed by atoms with Crippen LogP contribution in [0.25, 0.3) is 11.1 Å². The van der Waals surface area contributed by atoms with Gasteiger partial charge in [0.05, 0.1) is 0 Å². The van der Waals surface area contributed by atoms with Crippen molar-refractivity contribution < 1.29 is 24.5 Å². The van der Waals surface area contributed by atoms with Crippen molar-refractivity contribution in [2.24, 2.45) is 5.92 Å². The number of rotatable bonds is 6. The van der Waals surface area contributed by atoms with Crippen LogP contribution in [0.3, 0.4) is 0 Å². The summed E-state index contributed by atoms with van der Waals surface area (Å²) in [5.41, 5.74) is 3.71. The van der Waals surface area contributed by atoms with Crippen LogP contribution in [-0.4, -0.2) is 66.9 Å². The van der Waals surface area contributed by atoms with E-state index in [0.717, 1.165) is 18.2 Å². The van der Waals surface area contributed by atoms with E-state index < -0.39 is 11.9 Å².